The van der Waals surface area contributed by atoms with E-state index in [2.05, 4.69) is 9.97 Å². The van der Waals surface area contributed by atoms with E-state index in [0.29, 0.717) is 5.03 Å². The van der Waals surface area contributed by atoms with E-state index in [0.717, 1.165) is 5.75 Å². The van der Waals surface area contributed by atoms with Crippen molar-refractivity contribution >= 4 is 23.4 Å². The predicted molar refractivity (Wildman–Crippen MR) is 46.3 cm³/mol. The summed E-state index contributed by atoms with van der Waals surface area (Å²) in [5, 5.41) is 0.775. The number of nitrogens with one attached hydrogen (secondary N) is 1. The lowest BCUT2D eigenvalue weighted by atomic mass is 10.7. The molecule has 0 unspecified atom stereocenters. The summed E-state index contributed by atoms with van der Waals surface area (Å²) in [5.41, 5.74) is -0.280. The van der Waals surface area contributed by atoms with Crippen LogP contribution in [0.5, 0.6) is 0 Å². The summed E-state index contributed by atoms with van der Waals surface area (Å²) in [7, 11) is 0. The minimum atomic E-state index is -0.280. The SMILES string of the molecule is CCSc1nc[nH]c(=O)c1Cl. The van der Waals surface area contributed by atoms with Gasteiger partial charge in [-0.1, -0.05) is 18.5 Å². The number of halogens is 1. The number of thioether (sulfide) groups is 1. The van der Waals surface area contributed by atoms with Crippen molar-refractivity contribution in [1.29, 1.82) is 0 Å². The van der Waals surface area contributed by atoms with Gasteiger partial charge in [0.2, 0.25) is 0 Å². The largest absolute Gasteiger partial charge is 0.312 e. The fraction of sp³-hybridized carbons (Fsp3) is 0.333. The maximum atomic E-state index is 10.9. The number of hydrogen-bond donors (Lipinski definition) is 1. The normalized spacial score (nSPS) is 10.0. The van der Waals surface area contributed by atoms with Gasteiger partial charge < -0.3 is 4.98 Å². The summed E-state index contributed by atoms with van der Waals surface area (Å²) in [6.07, 6.45) is 1.35. The lowest BCUT2D eigenvalue weighted by Crippen LogP contribution is -2.07. The van der Waals surface area contributed by atoms with E-state index in [-0.39, 0.29) is 10.6 Å². The first-order valence-corrected chi connectivity index (χ1v) is 4.48. The van der Waals surface area contributed by atoms with E-state index in [1.165, 1.54) is 18.1 Å². The van der Waals surface area contributed by atoms with Crippen molar-refractivity contribution in [3.05, 3.63) is 21.7 Å². The first-order valence-electron chi connectivity index (χ1n) is 3.11. The van der Waals surface area contributed by atoms with Crippen LogP contribution in [0.15, 0.2) is 16.1 Å². The highest BCUT2D eigenvalue weighted by Gasteiger charge is 2.03. The van der Waals surface area contributed by atoms with Gasteiger partial charge >= 0.3 is 0 Å². The van der Waals surface area contributed by atoms with Crippen molar-refractivity contribution in [1.82, 2.24) is 9.97 Å². The highest BCUT2D eigenvalue weighted by atomic mass is 35.5. The van der Waals surface area contributed by atoms with Gasteiger partial charge in [0, 0.05) is 0 Å². The molecule has 3 nitrogen and oxygen atoms in total. The average molecular weight is 191 g/mol. The van der Waals surface area contributed by atoms with E-state index in [1.807, 2.05) is 6.92 Å². The summed E-state index contributed by atoms with van der Waals surface area (Å²) >= 11 is 7.10. The van der Waals surface area contributed by atoms with Crippen LogP contribution in [-0.4, -0.2) is 15.7 Å². The Hall–Kier alpha value is -0.480. The Balaban J connectivity index is 3.06. The number of aromatic nitrogens is 2. The molecule has 0 aliphatic heterocycles. The van der Waals surface area contributed by atoms with Gasteiger partial charge in [-0.3, -0.25) is 4.79 Å². The Labute approximate surface area is 73.2 Å². The second-order valence-electron chi connectivity index (χ2n) is 1.78. The number of rotatable bonds is 2. The fourth-order valence-electron chi connectivity index (χ4n) is 0.604. The summed E-state index contributed by atoms with van der Waals surface area (Å²) in [4.78, 5) is 17.2. The smallest absolute Gasteiger partial charge is 0.270 e. The number of hydrogen-bond acceptors (Lipinski definition) is 3. The highest BCUT2D eigenvalue weighted by Crippen LogP contribution is 2.19. The summed E-state index contributed by atoms with van der Waals surface area (Å²) in [6.45, 7) is 1.98. The van der Waals surface area contributed by atoms with Gasteiger partial charge in [-0.25, -0.2) is 4.98 Å². The zero-order valence-electron chi connectivity index (χ0n) is 5.93. The molecule has 0 radical (unpaired) electrons. The van der Waals surface area contributed by atoms with Gasteiger partial charge in [0.25, 0.3) is 5.56 Å². The van der Waals surface area contributed by atoms with Crippen LogP contribution in [0.1, 0.15) is 6.92 Å². The van der Waals surface area contributed by atoms with Crippen LogP contribution >= 0.6 is 23.4 Å². The highest BCUT2D eigenvalue weighted by molar-refractivity contribution is 7.99. The second kappa shape index (κ2) is 3.78. The molecule has 0 aliphatic rings. The molecule has 1 N–H and O–H groups in total. The Kier molecular flexibility index (Phi) is 2.96. The quantitative estimate of drug-likeness (QED) is 0.569. The monoisotopic (exact) mass is 190 g/mol. The first-order chi connectivity index (χ1) is 5.25. The van der Waals surface area contributed by atoms with Gasteiger partial charge in [-0.15, -0.1) is 11.8 Å². The van der Waals surface area contributed by atoms with Crippen LogP contribution in [0.3, 0.4) is 0 Å². The molecule has 1 rings (SSSR count). The Bertz CT molecular complexity index is 299. The molecule has 60 valence electrons. The zero-order valence-corrected chi connectivity index (χ0v) is 7.50. The third-order valence-corrected chi connectivity index (χ3v) is 2.38. The lowest BCUT2D eigenvalue weighted by molar-refractivity contribution is 1.01. The minimum absolute atomic E-state index is 0.180. The van der Waals surface area contributed by atoms with Gasteiger partial charge in [0.05, 0.1) is 6.33 Å². The van der Waals surface area contributed by atoms with Gasteiger partial charge in [0.1, 0.15) is 10.0 Å². The molecule has 0 aliphatic carbocycles. The fourth-order valence-corrected chi connectivity index (χ4v) is 1.49. The number of aromatic amines is 1. The van der Waals surface area contributed by atoms with Crippen LogP contribution in [0.25, 0.3) is 0 Å². The van der Waals surface area contributed by atoms with Crippen molar-refractivity contribution < 1.29 is 0 Å². The molecule has 0 saturated carbocycles. The van der Waals surface area contributed by atoms with Crippen molar-refractivity contribution in [3.63, 3.8) is 0 Å². The van der Waals surface area contributed by atoms with E-state index in [9.17, 15) is 4.79 Å². The Morgan fingerprint density at radius 2 is 2.55 bits per heavy atom. The molecule has 1 aromatic rings. The summed E-state index contributed by atoms with van der Waals surface area (Å²) < 4.78 is 0. The number of H-pyrrole nitrogens is 1. The van der Waals surface area contributed by atoms with Crippen molar-refractivity contribution in [2.24, 2.45) is 0 Å². The predicted octanol–water partition coefficient (Wildman–Crippen LogP) is 1.54. The Morgan fingerprint density at radius 3 is 3.18 bits per heavy atom. The molecule has 1 heterocycles. The van der Waals surface area contributed by atoms with Crippen LogP contribution in [0.2, 0.25) is 5.02 Å². The van der Waals surface area contributed by atoms with Crippen molar-refractivity contribution in [2.75, 3.05) is 5.75 Å². The van der Waals surface area contributed by atoms with Crippen molar-refractivity contribution in [2.45, 2.75) is 11.9 Å². The molecular formula is C6H7ClN2OS. The molecule has 1 aromatic heterocycles. The summed E-state index contributed by atoms with van der Waals surface area (Å²) in [6, 6.07) is 0. The van der Waals surface area contributed by atoms with Crippen LogP contribution in [0, 0.1) is 0 Å². The third-order valence-electron chi connectivity index (χ3n) is 1.05. The maximum absolute atomic E-state index is 10.9. The molecule has 11 heavy (non-hydrogen) atoms. The van der Waals surface area contributed by atoms with Crippen LogP contribution in [-0.2, 0) is 0 Å². The summed E-state index contributed by atoms with van der Waals surface area (Å²) in [5.74, 6) is 0.857. The first kappa shape index (κ1) is 8.62. The molecule has 5 heteroatoms. The van der Waals surface area contributed by atoms with E-state index < -0.39 is 0 Å². The van der Waals surface area contributed by atoms with E-state index in [4.69, 9.17) is 11.6 Å². The van der Waals surface area contributed by atoms with Gasteiger partial charge in [-0.05, 0) is 5.75 Å². The molecule has 0 fully saturated rings. The van der Waals surface area contributed by atoms with Crippen molar-refractivity contribution in [3.8, 4) is 0 Å². The lowest BCUT2D eigenvalue weighted by Gasteiger charge is -1.96. The molecular weight excluding hydrogens is 184 g/mol. The molecule has 0 saturated heterocycles. The molecule has 0 bridgehead atoms. The van der Waals surface area contributed by atoms with Gasteiger partial charge in [0.15, 0.2) is 0 Å². The van der Waals surface area contributed by atoms with E-state index in [1.54, 1.807) is 0 Å². The third kappa shape index (κ3) is 1.97. The molecule has 0 amide bonds. The standard InChI is InChI=1S/C6H7ClN2OS/c1-2-11-6-4(7)5(10)8-3-9-6/h3H,2H2,1H3,(H,8,9,10). The minimum Gasteiger partial charge on any atom is -0.312 e. The average Bonchev–Trinajstić information content (AvgIpc) is 1.99. The zero-order chi connectivity index (χ0) is 8.27. The number of nitrogens with zero attached hydrogens (tertiary/aromatic N) is 1. The topological polar surface area (TPSA) is 45.8 Å². The van der Waals surface area contributed by atoms with Crippen LogP contribution < -0.4 is 5.56 Å². The second-order valence-corrected chi connectivity index (χ2v) is 3.41. The maximum Gasteiger partial charge on any atom is 0.270 e. The molecule has 0 atom stereocenters. The van der Waals surface area contributed by atoms with Gasteiger partial charge in [-0.2, -0.15) is 0 Å². The van der Waals surface area contributed by atoms with Crippen LogP contribution in [0.4, 0.5) is 0 Å². The Morgan fingerprint density at radius 1 is 1.82 bits per heavy atom. The van der Waals surface area contributed by atoms with E-state index >= 15 is 0 Å². The molecule has 0 spiro atoms. The molecule has 0 aromatic carbocycles.